The summed E-state index contributed by atoms with van der Waals surface area (Å²) in [5.74, 6) is 4.93. The lowest BCUT2D eigenvalue weighted by Crippen LogP contribution is -2.32. The molecule has 0 radical (unpaired) electrons. The molecule has 0 spiro atoms. The average Bonchev–Trinajstić information content (AvgIpc) is 2.70. The Balaban J connectivity index is 3.16. The number of carbonyl (C=O) groups excluding carboxylic acids is 1. The highest BCUT2D eigenvalue weighted by molar-refractivity contribution is 5.92. The molecule has 15 heavy (non-hydrogen) atoms. The van der Waals surface area contributed by atoms with Gasteiger partial charge in [-0.15, -0.1) is 0 Å². The van der Waals surface area contributed by atoms with Crippen LogP contribution in [0.5, 0.6) is 0 Å². The molecule has 1 amide bonds. The SMILES string of the molecule is CCc1ccc(C(=O)NN)n1[C@H](C)CC. The van der Waals surface area contributed by atoms with E-state index in [-0.39, 0.29) is 5.91 Å². The lowest BCUT2D eigenvalue weighted by molar-refractivity contribution is 0.0942. The number of carbonyl (C=O) groups is 1. The zero-order valence-electron chi connectivity index (χ0n) is 9.58. The van der Waals surface area contributed by atoms with Gasteiger partial charge in [-0.25, -0.2) is 5.84 Å². The summed E-state index contributed by atoms with van der Waals surface area (Å²) in [6.07, 6.45) is 1.91. The number of nitrogens with two attached hydrogens (primary N) is 1. The summed E-state index contributed by atoms with van der Waals surface area (Å²) in [4.78, 5) is 11.5. The van der Waals surface area contributed by atoms with Crippen LogP contribution in [0.15, 0.2) is 12.1 Å². The van der Waals surface area contributed by atoms with Gasteiger partial charge < -0.3 is 4.57 Å². The van der Waals surface area contributed by atoms with Gasteiger partial charge in [0.25, 0.3) is 5.91 Å². The van der Waals surface area contributed by atoms with Gasteiger partial charge in [-0.3, -0.25) is 10.2 Å². The van der Waals surface area contributed by atoms with E-state index in [1.54, 1.807) is 0 Å². The number of hydrazine groups is 1. The number of aromatic nitrogens is 1. The van der Waals surface area contributed by atoms with E-state index in [4.69, 9.17) is 5.84 Å². The monoisotopic (exact) mass is 209 g/mol. The molecule has 1 atom stereocenters. The van der Waals surface area contributed by atoms with Crippen LogP contribution < -0.4 is 11.3 Å². The van der Waals surface area contributed by atoms with Crippen LogP contribution in [0.1, 0.15) is 49.4 Å². The second kappa shape index (κ2) is 4.98. The van der Waals surface area contributed by atoms with Crippen molar-refractivity contribution in [3.63, 3.8) is 0 Å². The number of aryl methyl sites for hydroxylation is 1. The van der Waals surface area contributed by atoms with E-state index in [0.29, 0.717) is 11.7 Å². The second-order valence-corrected chi connectivity index (χ2v) is 3.66. The number of nitrogens with one attached hydrogen (secondary N) is 1. The third-order valence-electron chi connectivity index (χ3n) is 2.76. The van der Waals surface area contributed by atoms with Crippen molar-refractivity contribution in [3.8, 4) is 0 Å². The molecule has 3 N–H and O–H groups in total. The van der Waals surface area contributed by atoms with Gasteiger partial charge in [0.2, 0.25) is 0 Å². The smallest absolute Gasteiger partial charge is 0.281 e. The molecule has 0 bridgehead atoms. The molecule has 0 saturated heterocycles. The first kappa shape index (κ1) is 11.8. The normalized spacial score (nSPS) is 12.5. The van der Waals surface area contributed by atoms with E-state index in [0.717, 1.165) is 12.8 Å². The summed E-state index contributed by atoms with van der Waals surface area (Å²) in [5, 5.41) is 0. The highest BCUT2D eigenvalue weighted by Gasteiger charge is 2.16. The minimum atomic E-state index is -0.227. The summed E-state index contributed by atoms with van der Waals surface area (Å²) < 4.78 is 2.06. The van der Waals surface area contributed by atoms with Gasteiger partial charge in [0.15, 0.2) is 0 Å². The van der Waals surface area contributed by atoms with Crippen molar-refractivity contribution < 1.29 is 4.79 Å². The van der Waals surface area contributed by atoms with E-state index in [9.17, 15) is 4.79 Å². The maximum atomic E-state index is 11.5. The molecular formula is C11H19N3O. The third-order valence-corrected chi connectivity index (χ3v) is 2.76. The number of amides is 1. The minimum absolute atomic E-state index is 0.227. The Bertz CT molecular complexity index is 344. The van der Waals surface area contributed by atoms with Crippen molar-refractivity contribution in [2.75, 3.05) is 0 Å². The van der Waals surface area contributed by atoms with Gasteiger partial charge in [0.1, 0.15) is 5.69 Å². The van der Waals surface area contributed by atoms with E-state index >= 15 is 0 Å². The molecular weight excluding hydrogens is 190 g/mol. The maximum Gasteiger partial charge on any atom is 0.281 e. The number of nitrogens with zero attached hydrogens (tertiary/aromatic N) is 1. The largest absolute Gasteiger partial charge is 0.338 e. The topological polar surface area (TPSA) is 60.1 Å². The quantitative estimate of drug-likeness (QED) is 0.450. The first-order chi connectivity index (χ1) is 7.15. The molecule has 1 aromatic heterocycles. The Morgan fingerprint density at radius 2 is 2.20 bits per heavy atom. The van der Waals surface area contributed by atoms with Crippen molar-refractivity contribution in [3.05, 3.63) is 23.5 Å². The lowest BCUT2D eigenvalue weighted by Gasteiger charge is -2.18. The molecule has 1 heterocycles. The Morgan fingerprint density at radius 3 is 2.67 bits per heavy atom. The standard InChI is InChI=1S/C11H19N3O/c1-4-8(3)14-9(5-2)6-7-10(14)11(15)13-12/h6-8H,4-5,12H2,1-3H3,(H,13,15)/t8-/m1/s1. The molecule has 0 fully saturated rings. The molecule has 0 aliphatic carbocycles. The Kier molecular flexibility index (Phi) is 3.91. The van der Waals surface area contributed by atoms with Gasteiger partial charge in [-0.2, -0.15) is 0 Å². The van der Waals surface area contributed by atoms with Crippen molar-refractivity contribution >= 4 is 5.91 Å². The van der Waals surface area contributed by atoms with Gasteiger partial charge >= 0.3 is 0 Å². The van der Waals surface area contributed by atoms with Crippen LogP contribution in [-0.4, -0.2) is 10.5 Å². The van der Waals surface area contributed by atoms with Crippen LogP contribution in [-0.2, 0) is 6.42 Å². The molecule has 4 heteroatoms. The molecule has 84 valence electrons. The second-order valence-electron chi connectivity index (χ2n) is 3.66. The number of rotatable bonds is 4. The number of nitrogen functional groups attached to an aromatic ring is 1. The van der Waals surface area contributed by atoms with Crippen molar-refractivity contribution in [2.45, 2.75) is 39.7 Å². The van der Waals surface area contributed by atoms with E-state index in [2.05, 4.69) is 30.8 Å². The molecule has 0 aliphatic rings. The Hall–Kier alpha value is -1.29. The number of hydrogen-bond acceptors (Lipinski definition) is 2. The fourth-order valence-electron chi connectivity index (χ4n) is 1.74. The van der Waals surface area contributed by atoms with E-state index in [1.165, 1.54) is 5.69 Å². The number of hydrogen-bond donors (Lipinski definition) is 2. The van der Waals surface area contributed by atoms with E-state index in [1.807, 2.05) is 12.1 Å². The lowest BCUT2D eigenvalue weighted by atomic mass is 10.2. The fourth-order valence-corrected chi connectivity index (χ4v) is 1.74. The van der Waals surface area contributed by atoms with E-state index < -0.39 is 0 Å². The van der Waals surface area contributed by atoms with Gasteiger partial charge in [0.05, 0.1) is 0 Å². The molecule has 0 unspecified atom stereocenters. The van der Waals surface area contributed by atoms with Crippen LogP contribution in [0.25, 0.3) is 0 Å². The first-order valence-electron chi connectivity index (χ1n) is 5.36. The van der Waals surface area contributed by atoms with Crippen molar-refractivity contribution in [1.82, 2.24) is 9.99 Å². The molecule has 0 aromatic carbocycles. The van der Waals surface area contributed by atoms with Crippen LogP contribution in [0, 0.1) is 0 Å². The first-order valence-corrected chi connectivity index (χ1v) is 5.36. The predicted octanol–water partition coefficient (Wildman–Crippen LogP) is 1.62. The van der Waals surface area contributed by atoms with Gasteiger partial charge in [0, 0.05) is 11.7 Å². The molecule has 4 nitrogen and oxygen atoms in total. The molecule has 0 saturated carbocycles. The third kappa shape index (κ3) is 2.21. The predicted molar refractivity (Wildman–Crippen MR) is 60.5 cm³/mol. The molecule has 0 aliphatic heterocycles. The van der Waals surface area contributed by atoms with Crippen molar-refractivity contribution in [1.29, 1.82) is 0 Å². The minimum Gasteiger partial charge on any atom is -0.338 e. The highest BCUT2D eigenvalue weighted by Crippen LogP contribution is 2.19. The highest BCUT2D eigenvalue weighted by atomic mass is 16.2. The van der Waals surface area contributed by atoms with Gasteiger partial charge in [-0.05, 0) is 31.9 Å². The van der Waals surface area contributed by atoms with Crippen LogP contribution >= 0.6 is 0 Å². The van der Waals surface area contributed by atoms with Crippen LogP contribution in [0.4, 0.5) is 0 Å². The Labute approximate surface area is 90.4 Å². The summed E-state index contributed by atoms with van der Waals surface area (Å²) >= 11 is 0. The molecule has 1 aromatic rings. The summed E-state index contributed by atoms with van der Waals surface area (Å²) in [6.45, 7) is 6.29. The summed E-state index contributed by atoms with van der Waals surface area (Å²) in [7, 11) is 0. The summed E-state index contributed by atoms with van der Waals surface area (Å²) in [5.41, 5.74) is 3.99. The van der Waals surface area contributed by atoms with Gasteiger partial charge in [-0.1, -0.05) is 13.8 Å². The average molecular weight is 209 g/mol. The maximum absolute atomic E-state index is 11.5. The van der Waals surface area contributed by atoms with Crippen LogP contribution in [0.3, 0.4) is 0 Å². The zero-order valence-corrected chi connectivity index (χ0v) is 9.58. The molecule has 1 rings (SSSR count). The fraction of sp³-hybridized carbons (Fsp3) is 0.545. The Morgan fingerprint density at radius 1 is 1.53 bits per heavy atom. The zero-order chi connectivity index (χ0) is 11.4. The van der Waals surface area contributed by atoms with Crippen LogP contribution in [0.2, 0.25) is 0 Å². The summed E-state index contributed by atoms with van der Waals surface area (Å²) in [6, 6.07) is 4.13. The van der Waals surface area contributed by atoms with Crippen molar-refractivity contribution in [2.24, 2.45) is 5.84 Å².